The number of nitrogens with zero attached hydrogens (tertiary/aromatic N) is 1. The highest BCUT2D eigenvalue weighted by atomic mass is 19.1. The lowest BCUT2D eigenvalue weighted by Crippen LogP contribution is -2.38. The molecule has 3 unspecified atom stereocenters. The molecule has 1 saturated carbocycles. The third-order valence-electron chi connectivity index (χ3n) is 4.63. The zero-order valence-electron chi connectivity index (χ0n) is 11.8. The van der Waals surface area contributed by atoms with Crippen LogP contribution in [0, 0.1) is 21.8 Å². The van der Waals surface area contributed by atoms with Gasteiger partial charge in [0.05, 0.1) is 11.0 Å². The van der Waals surface area contributed by atoms with Crippen LogP contribution in [0.15, 0.2) is 18.2 Å². The van der Waals surface area contributed by atoms with Gasteiger partial charge in [-0.05, 0) is 44.2 Å². The lowest BCUT2D eigenvalue weighted by molar-refractivity contribution is -0.385. The molecule has 1 heterocycles. The van der Waals surface area contributed by atoms with Crippen molar-refractivity contribution in [1.29, 1.82) is 0 Å². The van der Waals surface area contributed by atoms with E-state index in [0.29, 0.717) is 17.6 Å². The molecule has 21 heavy (non-hydrogen) atoms. The zero-order chi connectivity index (χ0) is 14.8. The van der Waals surface area contributed by atoms with Crippen LogP contribution in [-0.2, 0) is 0 Å². The van der Waals surface area contributed by atoms with E-state index in [1.807, 2.05) is 0 Å². The molecule has 114 valence electrons. The molecule has 0 amide bonds. The first-order valence-electron chi connectivity index (χ1n) is 7.58. The second kappa shape index (κ2) is 5.97. The summed E-state index contributed by atoms with van der Waals surface area (Å²) in [6.45, 7) is 1.07. The molecule has 3 rings (SSSR count). The van der Waals surface area contributed by atoms with Crippen molar-refractivity contribution in [2.45, 2.75) is 44.2 Å². The van der Waals surface area contributed by atoms with Crippen molar-refractivity contribution in [2.24, 2.45) is 5.92 Å². The largest absolute Gasteiger partial charge is 0.382 e. The van der Waals surface area contributed by atoms with Crippen molar-refractivity contribution in [3.63, 3.8) is 0 Å². The van der Waals surface area contributed by atoms with Crippen LogP contribution in [0.5, 0.6) is 0 Å². The average molecular weight is 293 g/mol. The molecular weight excluding hydrogens is 273 g/mol. The first-order chi connectivity index (χ1) is 10.1. The van der Waals surface area contributed by atoms with Gasteiger partial charge in [-0.2, -0.15) is 0 Å². The van der Waals surface area contributed by atoms with E-state index in [-0.39, 0.29) is 11.7 Å². The van der Waals surface area contributed by atoms with Crippen molar-refractivity contribution < 1.29 is 9.31 Å². The molecule has 1 saturated heterocycles. The Morgan fingerprint density at radius 1 is 1.24 bits per heavy atom. The van der Waals surface area contributed by atoms with E-state index in [9.17, 15) is 14.5 Å². The Balaban J connectivity index is 1.74. The number of non-ortho nitro benzene ring substituents is 1. The monoisotopic (exact) mass is 293 g/mol. The standard InChI is InChI=1S/C15H20FN3O2/c16-10-7-11(9-12(8-10)19(20)21)18-15-4-1-3-13(15)14-5-2-6-17-14/h7-9,13-15,17-18H,1-6H2. The Bertz CT molecular complexity index is 532. The summed E-state index contributed by atoms with van der Waals surface area (Å²) in [4.78, 5) is 10.3. The van der Waals surface area contributed by atoms with Gasteiger partial charge in [0.2, 0.25) is 0 Å². The maximum Gasteiger partial charge on any atom is 0.274 e. The summed E-state index contributed by atoms with van der Waals surface area (Å²) >= 11 is 0. The van der Waals surface area contributed by atoms with Crippen LogP contribution in [0.4, 0.5) is 15.8 Å². The van der Waals surface area contributed by atoms with Crippen LogP contribution < -0.4 is 10.6 Å². The number of nitro groups is 1. The molecule has 2 fully saturated rings. The Kier molecular flexibility index (Phi) is 4.05. The van der Waals surface area contributed by atoms with E-state index in [4.69, 9.17) is 0 Å². The van der Waals surface area contributed by atoms with Crippen molar-refractivity contribution in [3.8, 4) is 0 Å². The van der Waals surface area contributed by atoms with Crippen LogP contribution in [0.2, 0.25) is 0 Å². The van der Waals surface area contributed by atoms with Gasteiger partial charge in [-0.3, -0.25) is 10.1 Å². The van der Waals surface area contributed by atoms with Gasteiger partial charge in [-0.15, -0.1) is 0 Å². The molecule has 1 aliphatic heterocycles. The predicted molar refractivity (Wildman–Crippen MR) is 78.8 cm³/mol. The van der Waals surface area contributed by atoms with Crippen molar-refractivity contribution >= 4 is 11.4 Å². The number of nitrogens with one attached hydrogen (secondary N) is 2. The molecular formula is C15H20FN3O2. The predicted octanol–water partition coefficient (Wildman–Crippen LogP) is 3.07. The second-order valence-electron chi connectivity index (χ2n) is 6.00. The maximum absolute atomic E-state index is 13.5. The van der Waals surface area contributed by atoms with Gasteiger partial charge >= 0.3 is 0 Å². The molecule has 0 spiro atoms. The van der Waals surface area contributed by atoms with Gasteiger partial charge in [0, 0.05) is 23.8 Å². The molecule has 1 aliphatic carbocycles. The first kappa shape index (κ1) is 14.3. The van der Waals surface area contributed by atoms with E-state index >= 15 is 0 Å². The summed E-state index contributed by atoms with van der Waals surface area (Å²) in [6.07, 6.45) is 5.74. The van der Waals surface area contributed by atoms with Crippen molar-refractivity contribution in [2.75, 3.05) is 11.9 Å². The number of hydrogen-bond acceptors (Lipinski definition) is 4. The molecule has 1 aromatic rings. The summed E-state index contributed by atoms with van der Waals surface area (Å²) in [6, 6.07) is 4.50. The van der Waals surface area contributed by atoms with E-state index in [1.54, 1.807) is 0 Å². The summed E-state index contributed by atoms with van der Waals surface area (Å²) in [5.41, 5.74) is 0.308. The van der Waals surface area contributed by atoms with Gasteiger partial charge in [-0.25, -0.2) is 4.39 Å². The third kappa shape index (κ3) is 3.15. The number of nitro benzene ring substituents is 1. The Morgan fingerprint density at radius 2 is 2.10 bits per heavy atom. The van der Waals surface area contributed by atoms with E-state index < -0.39 is 10.7 Å². The number of anilines is 1. The van der Waals surface area contributed by atoms with Crippen LogP contribution in [0.25, 0.3) is 0 Å². The van der Waals surface area contributed by atoms with Gasteiger partial charge in [-0.1, -0.05) is 6.42 Å². The van der Waals surface area contributed by atoms with Crippen LogP contribution >= 0.6 is 0 Å². The third-order valence-corrected chi connectivity index (χ3v) is 4.63. The van der Waals surface area contributed by atoms with Crippen molar-refractivity contribution in [1.82, 2.24) is 5.32 Å². The maximum atomic E-state index is 13.5. The number of benzene rings is 1. The Labute approximate surface area is 123 Å². The molecule has 2 N–H and O–H groups in total. The molecule has 0 aromatic heterocycles. The van der Waals surface area contributed by atoms with Gasteiger partial charge in [0.25, 0.3) is 5.69 Å². The van der Waals surface area contributed by atoms with Crippen LogP contribution in [-0.4, -0.2) is 23.6 Å². The van der Waals surface area contributed by atoms with Gasteiger partial charge in [0.1, 0.15) is 5.82 Å². The molecule has 2 aliphatic rings. The lowest BCUT2D eigenvalue weighted by atomic mass is 9.93. The van der Waals surface area contributed by atoms with E-state index in [0.717, 1.165) is 31.9 Å². The Morgan fingerprint density at radius 3 is 2.81 bits per heavy atom. The van der Waals surface area contributed by atoms with Gasteiger partial charge < -0.3 is 10.6 Å². The van der Waals surface area contributed by atoms with E-state index in [1.165, 1.54) is 25.0 Å². The van der Waals surface area contributed by atoms with E-state index in [2.05, 4.69) is 10.6 Å². The molecule has 1 aromatic carbocycles. The molecule has 5 nitrogen and oxygen atoms in total. The minimum atomic E-state index is -0.569. The fourth-order valence-corrected chi connectivity index (χ4v) is 3.70. The first-order valence-corrected chi connectivity index (χ1v) is 7.58. The number of rotatable bonds is 4. The van der Waals surface area contributed by atoms with Crippen LogP contribution in [0.3, 0.4) is 0 Å². The minimum Gasteiger partial charge on any atom is -0.382 e. The van der Waals surface area contributed by atoms with Crippen LogP contribution in [0.1, 0.15) is 32.1 Å². The SMILES string of the molecule is O=[N+]([O-])c1cc(F)cc(NC2CCCC2C2CCCN2)c1. The zero-order valence-corrected chi connectivity index (χ0v) is 11.8. The average Bonchev–Trinajstić information content (AvgIpc) is 3.08. The number of halogens is 1. The molecule has 6 heteroatoms. The Hall–Kier alpha value is -1.69. The molecule has 0 radical (unpaired) electrons. The van der Waals surface area contributed by atoms with Crippen molar-refractivity contribution in [3.05, 3.63) is 34.1 Å². The fourth-order valence-electron chi connectivity index (χ4n) is 3.70. The second-order valence-corrected chi connectivity index (χ2v) is 6.00. The lowest BCUT2D eigenvalue weighted by Gasteiger charge is -2.27. The summed E-state index contributed by atoms with van der Waals surface area (Å²) in [5, 5.41) is 17.7. The number of hydrogen-bond donors (Lipinski definition) is 2. The topological polar surface area (TPSA) is 67.2 Å². The highest BCUT2D eigenvalue weighted by molar-refractivity contribution is 5.52. The smallest absolute Gasteiger partial charge is 0.274 e. The molecule has 3 atom stereocenters. The quantitative estimate of drug-likeness (QED) is 0.661. The van der Waals surface area contributed by atoms with Gasteiger partial charge in [0.15, 0.2) is 0 Å². The fraction of sp³-hybridized carbons (Fsp3) is 0.600. The summed E-state index contributed by atoms with van der Waals surface area (Å²) < 4.78 is 13.5. The summed E-state index contributed by atoms with van der Waals surface area (Å²) in [5.74, 6) is -0.0462. The normalized spacial score (nSPS) is 28.7. The molecule has 0 bridgehead atoms. The highest BCUT2D eigenvalue weighted by Gasteiger charge is 2.35. The highest BCUT2D eigenvalue weighted by Crippen LogP contribution is 2.34. The minimum absolute atomic E-state index is 0.203. The summed E-state index contributed by atoms with van der Waals surface area (Å²) in [7, 11) is 0.